The molecule has 0 radical (unpaired) electrons. The minimum Gasteiger partial charge on any atom is -0.481 e. The van der Waals surface area contributed by atoms with Gasteiger partial charge in [-0.3, -0.25) is 9.48 Å². The average Bonchev–Trinajstić information content (AvgIpc) is 2.66. The Morgan fingerprint density at radius 1 is 1.56 bits per heavy atom. The number of carboxylic acid groups (broad SMARTS) is 1. The smallest absolute Gasteiger partial charge is 0.313 e. The molecule has 0 unspecified atom stereocenters. The molecule has 1 aromatic rings. The van der Waals surface area contributed by atoms with Crippen molar-refractivity contribution in [2.45, 2.75) is 44.7 Å². The Morgan fingerprint density at radius 2 is 2.31 bits per heavy atom. The molecular formula is C11H18N2O2S. The van der Waals surface area contributed by atoms with Crippen molar-refractivity contribution in [2.75, 3.05) is 5.75 Å². The van der Waals surface area contributed by atoms with Crippen molar-refractivity contribution < 1.29 is 9.90 Å². The van der Waals surface area contributed by atoms with E-state index in [-0.39, 0.29) is 5.75 Å². The molecule has 0 aliphatic heterocycles. The number of carboxylic acids is 1. The minimum atomic E-state index is -0.786. The molecule has 1 N–H and O–H groups in total. The second kappa shape index (κ2) is 6.58. The van der Waals surface area contributed by atoms with Crippen LogP contribution in [0.3, 0.4) is 0 Å². The topological polar surface area (TPSA) is 55.1 Å². The molecule has 0 atom stereocenters. The van der Waals surface area contributed by atoms with Crippen LogP contribution in [0.4, 0.5) is 0 Å². The molecular weight excluding hydrogens is 224 g/mol. The Labute approximate surface area is 100 Å². The van der Waals surface area contributed by atoms with Gasteiger partial charge in [-0.25, -0.2) is 0 Å². The summed E-state index contributed by atoms with van der Waals surface area (Å²) in [7, 11) is 0. The number of carbonyl (C=O) groups is 1. The van der Waals surface area contributed by atoms with E-state index in [4.69, 9.17) is 5.11 Å². The van der Waals surface area contributed by atoms with Crippen LogP contribution in [0.15, 0.2) is 11.1 Å². The summed E-state index contributed by atoms with van der Waals surface area (Å²) < 4.78 is 1.93. The van der Waals surface area contributed by atoms with Crippen molar-refractivity contribution in [2.24, 2.45) is 0 Å². The molecule has 0 bridgehead atoms. The van der Waals surface area contributed by atoms with E-state index < -0.39 is 5.97 Å². The van der Waals surface area contributed by atoms with E-state index in [0.717, 1.165) is 36.5 Å². The first-order chi connectivity index (χ1) is 7.67. The fraction of sp³-hybridized carbons (Fsp3) is 0.636. The zero-order valence-corrected chi connectivity index (χ0v) is 10.6. The third-order valence-corrected chi connectivity index (χ3v) is 3.24. The molecule has 0 amide bonds. The fourth-order valence-electron chi connectivity index (χ4n) is 1.34. The molecule has 1 aromatic heterocycles. The summed E-state index contributed by atoms with van der Waals surface area (Å²) in [5.41, 5.74) is 1.03. The molecule has 1 heterocycles. The molecule has 90 valence electrons. The number of hydrogen-bond acceptors (Lipinski definition) is 3. The second-order valence-electron chi connectivity index (χ2n) is 3.59. The normalized spacial score (nSPS) is 10.6. The number of unbranched alkanes of at least 4 members (excludes halogenated alkanes) is 1. The van der Waals surface area contributed by atoms with Crippen LogP contribution in [0.1, 0.15) is 32.4 Å². The highest BCUT2D eigenvalue weighted by Gasteiger charge is 2.08. The predicted molar refractivity (Wildman–Crippen MR) is 64.9 cm³/mol. The Kier molecular flexibility index (Phi) is 5.38. The number of aryl methyl sites for hydroxylation is 2. The molecule has 1 rings (SSSR count). The summed E-state index contributed by atoms with van der Waals surface area (Å²) in [6, 6.07) is 1.99. The summed E-state index contributed by atoms with van der Waals surface area (Å²) in [5.74, 6) is -0.688. The van der Waals surface area contributed by atoms with E-state index >= 15 is 0 Å². The maximum absolute atomic E-state index is 10.5. The quantitative estimate of drug-likeness (QED) is 0.746. The minimum absolute atomic E-state index is 0.0982. The molecule has 0 aromatic carbocycles. The summed E-state index contributed by atoms with van der Waals surface area (Å²) in [6.45, 7) is 5.06. The van der Waals surface area contributed by atoms with Crippen LogP contribution in [0, 0.1) is 0 Å². The molecule has 0 fully saturated rings. The van der Waals surface area contributed by atoms with Crippen molar-refractivity contribution in [3.63, 3.8) is 0 Å². The maximum atomic E-state index is 10.5. The van der Waals surface area contributed by atoms with Gasteiger partial charge in [-0.2, -0.15) is 5.10 Å². The van der Waals surface area contributed by atoms with Crippen LogP contribution < -0.4 is 0 Å². The summed E-state index contributed by atoms with van der Waals surface area (Å²) in [5, 5.41) is 14.1. The van der Waals surface area contributed by atoms with Gasteiger partial charge in [0.25, 0.3) is 0 Å². The lowest BCUT2D eigenvalue weighted by atomic mass is 10.3. The lowest BCUT2D eigenvalue weighted by Gasteiger charge is -2.04. The van der Waals surface area contributed by atoms with Gasteiger partial charge >= 0.3 is 5.97 Å². The molecule has 0 aliphatic carbocycles. The molecule has 5 heteroatoms. The number of rotatable bonds is 7. The van der Waals surface area contributed by atoms with Crippen LogP contribution >= 0.6 is 11.8 Å². The van der Waals surface area contributed by atoms with Crippen molar-refractivity contribution in [1.82, 2.24) is 9.78 Å². The second-order valence-corrected chi connectivity index (χ2v) is 4.58. The number of thioether (sulfide) groups is 1. The van der Waals surface area contributed by atoms with E-state index in [1.165, 1.54) is 11.8 Å². The monoisotopic (exact) mass is 242 g/mol. The molecule has 0 aliphatic rings. The summed E-state index contributed by atoms with van der Waals surface area (Å²) in [6.07, 6.45) is 3.08. The Bertz CT molecular complexity index is 350. The van der Waals surface area contributed by atoms with Gasteiger partial charge < -0.3 is 5.11 Å². The zero-order valence-electron chi connectivity index (χ0n) is 9.77. The van der Waals surface area contributed by atoms with Gasteiger partial charge in [-0.05, 0) is 18.9 Å². The maximum Gasteiger partial charge on any atom is 0.313 e. The number of aromatic nitrogens is 2. The first-order valence-electron chi connectivity index (χ1n) is 5.58. The van der Waals surface area contributed by atoms with Crippen molar-refractivity contribution >= 4 is 17.7 Å². The standard InChI is InChI=1S/C11H18N2O2S/c1-3-5-6-13-10(16-8-11(14)15)7-9(4-2)12-13/h7H,3-6,8H2,1-2H3,(H,14,15). The molecule has 0 saturated carbocycles. The first-order valence-corrected chi connectivity index (χ1v) is 6.57. The van der Waals surface area contributed by atoms with E-state index in [0.29, 0.717) is 0 Å². The van der Waals surface area contributed by atoms with Gasteiger partial charge in [-0.1, -0.05) is 32.0 Å². The first kappa shape index (κ1) is 13.1. The lowest BCUT2D eigenvalue weighted by molar-refractivity contribution is -0.133. The highest BCUT2D eigenvalue weighted by atomic mass is 32.2. The van der Waals surface area contributed by atoms with Crippen LogP contribution in [-0.4, -0.2) is 26.6 Å². The molecule has 0 spiro atoms. The van der Waals surface area contributed by atoms with Gasteiger partial charge in [0, 0.05) is 6.54 Å². The molecule has 0 saturated heterocycles. The zero-order chi connectivity index (χ0) is 12.0. The van der Waals surface area contributed by atoms with Crippen molar-refractivity contribution in [3.05, 3.63) is 11.8 Å². The van der Waals surface area contributed by atoms with E-state index in [1.807, 2.05) is 10.7 Å². The Balaban J connectivity index is 2.70. The number of hydrogen-bond donors (Lipinski definition) is 1. The van der Waals surface area contributed by atoms with Gasteiger partial charge in [0.05, 0.1) is 16.5 Å². The molecule has 16 heavy (non-hydrogen) atoms. The predicted octanol–water partition coefficient (Wildman–Crippen LogP) is 2.42. The van der Waals surface area contributed by atoms with Gasteiger partial charge in [0.1, 0.15) is 0 Å². The lowest BCUT2D eigenvalue weighted by Crippen LogP contribution is -2.04. The van der Waals surface area contributed by atoms with Gasteiger partial charge in [0.15, 0.2) is 0 Å². The van der Waals surface area contributed by atoms with Crippen LogP contribution in [0.2, 0.25) is 0 Å². The Morgan fingerprint density at radius 3 is 2.88 bits per heavy atom. The third-order valence-electron chi connectivity index (χ3n) is 2.22. The third kappa shape index (κ3) is 3.89. The van der Waals surface area contributed by atoms with Gasteiger partial charge in [0.2, 0.25) is 0 Å². The van der Waals surface area contributed by atoms with Crippen LogP contribution in [0.5, 0.6) is 0 Å². The molecule has 4 nitrogen and oxygen atoms in total. The summed E-state index contributed by atoms with van der Waals surface area (Å²) in [4.78, 5) is 10.5. The average molecular weight is 242 g/mol. The largest absolute Gasteiger partial charge is 0.481 e. The van der Waals surface area contributed by atoms with E-state index in [1.54, 1.807) is 0 Å². The van der Waals surface area contributed by atoms with Crippen molar-refractivity contribution in [3.8, 4) is 0 Å². The number of aliphatic carboxylic acids is 1. The highest BCUT2D eigenvalue weighted by molar-refractivity contribution is 7.99. The number of nitrogens with zero attached hydrogens (tertiary/aromatic N) is 2. The van der Waals surface area contributed by atoms with Crippen LogP contribution in [-0.2, 0) is 17.8 Å². The SMILES string of the molecule is CCCCn1nc(CC)cc1SCC(=O)O. The Hall–Kier alpha value is -0.970. The van der Waals surface area contributed by atoms with Crippen LogP contribution in [0.25, 0.3) is 0 Å². The van der Waals surface area contributed by atoms with E-state index in [2.05, 4.69) is 18.9 Å². The van der Waals surface area contributed by atoms with Crippen molar-refractivity contribution in [1.29, 1.82) is 0 Å². The highest BCUT2D eigenvalue weighted by Crippen LogP contribution is 2.20. The summed E-state index contributed by atoms with van der Waals surface area (Å²) >= 11 is 1.34. The fourth-order valence-corrected chi connectivity index (χ4v) is 2.11. The van der Waals surface area contributed by atoms with E-state index in [9.17, 15) is 4.79 Å². The van der Waals surface area contributed by atoms with Gasteiger partial charge in [-0.15, -0.1) is 0 Å².